The summed E-state index contributed by atoms with van der Waals surface area (Å²) in [4.78, 5) is 25.5. The maximum atomic E-state index is 11.3. The summed E-state index contributed by atoms with van der Waals surface area (Å²) >= 11 is 11.1. The van der Waals surface area contributed by atoms with Gasteiger partial charge in [0.05, 0.1) is 7.11 Å². The number of aryl methyl sites for hydroxylation is 1. The van der Waals surface area contributed by atoms with E-state index in [2.05, 4.69) is 35.2 Å². The van der Waals surface area contributed by atoms with Crippen molar-refractivity contribution in [2.24, 2.45) is 0 Å². The molecule has 0 aromatic carbocycles. The number of nitrogens with one attached hydrogen (secondary N) is 3. The average molecular weight is 442 g/mol. The normalized spacial score (nSPS) is 9.93. The fourth-order valence-corrected chi connectivity index (χ4v) is 2.29. The van der Waals surface area contributed by atoms with Crippen LogP contribution in [0.4, 0.5) is 11.6 Å². The maximum absolute atomic E-state index is 11.3. The van der Waals surface area contributed by atoms with E-state index in [1.165, 1.54) is 13.2 Å². The predicted octanol–water partition coefficient (Wildman–Crippen LogP) is 1.41. The first-order chi connectivity index (χ1) is 13.7. The Morgan fingerprint density at radius 2 is 1.90 bits per heavy atom. The Morgan fingerprint density at radius 3 is 2.31 bits per heavy atom. The van der Waals surface area contributed by atoms with E-state index in [0.717, 1.165) is 5.69 Å². The molecule has 4 rings (SSSR count). The van der Waals surface area contributed by atoms with Crippen molar-refractivity contribution in [3.8, 4) is 0 Å². The van der Waals surface area contributed by atoms with Crippen molar-refractivity contribution in [2.75, 3.05) is 18.6 Å². The van der Waals surface area contributed by atoms with E-state index in [1.807, 2.05) is 6.92 Å². The molecule has 14 heteroatoms. The number of rotatable bonds is 1. The molecule has 4 aromatic heterocycles. The third-order valence-corrected chi connectivity index (χ3v) is 3.53. The second kappa shape index (κ2) is 9.61. The number of esters is 1. The predicted molar refractivity (Wildman–Crippen MR) is 108 cm³/mol. The molecule has 0 bridgehead atoms. The van der Waals surface area contributed by atoms with Gasteiger partial charge in [-0.1, -0.05) is 23.2 Å². The molecule has 0 atom stereocenters. The van der Waals surface area contributed by atoms with Gasteiger partial charge in [0, 0.05) is 23.9 Å². The number of aromatic amines is 3. The molecule has 0 aliphatic rings. The van der Waals surface area contributed by atoms with Gasteiger partial charge >= 0.3 is 5.97 Å². The minimum Gasteiger partial charge on any atom is -0.464 e. The number of anilines is 2. The van der Waals surface area contributed by atoms with Crippen molar-refractivity contribution < 1.29 is 9.53 Å². The zero-order valence-corrected chi connectivity index (χ0v) is 16.7. The zero-order valence-electron chi connectivity index (χ0n) is 15.2. The van der Waals surface area contributed by atoms with Gasteiger partial charge in [-0.2, -0.15) is 10.2 Å². The van der Waals surface area contributed by atoms with E-state index in [1.54, 1.807) is 22.7 Å². The Morgan fingerprint density at radius 1 is 1.17 bits per heavy atom. The Hall–Kier alpha value is -3.51. The molecule has 29 heavy (non-hydrogen) atoms. The van der Waals surface area contributed by atoms with Crippen molar-refractivity contribution >= 4 is 46.5 Å². The van der Waals surface area contributed by atoms with Gasteiger partial charge in [-0.15, -0.1) is 0 Å². The third-order valence-electron chi connectivity index (χ3n) is 3.15. The van der Waals surface area contributed by atoms with E-state index < -0.39 is 5.97 Å². The monoisotopic (exact) mass is 441 g/mol. The fraction of sp³-hybridized carbons (Fsp3) is 0.133. The van der Waals surface area contributed by atoms with Gasteiger partial charge in [-0.25, -0.2) is 14.3 Å². The van der Waals surface area contributed by atoms with Crippen LogP contribution < -0.4 is 17.0 Å². The first kappa shape index (κ1) is 21.8. The number of fused-ring (bicyclic) bond motifs is 1. The topological polar surface area (TPSA) is 186 Å². The van der Waals surface area contributed by atoms with Crippen LogP contribution in [-0.4, -0.2) is 48.1 Å². The summed E-state index contributed by atoms with van der Waals surface area (Å²) in [7, 11) is 1.31. The minimum atomic E-state index is -0.474. The largest absolute Gasteiger partial charge is 0.464 e. The Kier molecular flexibility index (Phi) is 7.22. The highest BCUT2D eigenvalue weighted by atomic mass is 35.5. The van der Waals surface area contributed by atoms with Gasteiger partial charge in [0.2, 0.25) is 0 Å². The van der Waals surface area contributed by atoms with Crippen molar-refractivity contribution in [1.82, 2.24) is 35.0 Å². The van der Waals surface area contributed by atoms with Crippen LogP contribution in [0.3, 0.4) is 0 Å². The molecule has 4 heterocycles. The summed E-state index contributed by atoms with van der Waals surface area (Å²) in [6, 6.07) is 6.00. The lowest BCUT2D eigenvalue weighted by molar-refractivity contribution is 0.0594. The van der Waals surface area contributed by atoms with Gasteiger partial charge in [-0.05, 0) is 13.0 Å². The number of halogens is 2. The Balaban J connectivity index is 0.000000178. The van der Waals surface area contributed by atoms with Crippen LogP contribution >= 0.6 is 23.2 Å². The van der Waals surface area contributed by atoms with Crippen LogP contribution in [0.25, 0.3) is 5.65 Å². The number of nitrogen functional groups attached to an aromatic ring is 2. The molecule has 0 saturated carbocycles. The molecule has 0 spiro atoms. The van der Waals surface area contributed by atoms with E-state index in [9.17, 15) is 9.59 Å². The molecule has 7 N–H and O–H groups in total. The van der Waals surface area contributed by atoms with E-state index in [-0.39, 0.29) is 11.3 Å². The van der Waals surface area contributed by atoms with Gasteiger partial charge < -0.3 is 16.2 Å². The molecule has 0 saturated heterocycles. The second-order valence-electron chi connectivity index (χ2n) is 5.37. The number of ether oxygens (including phenoxy) is 1. The molecule has 0 unspecified atom stereocenters. The number of hydrogen-bond acceptors (Lipinski definition) is 8. The van der Waals surface area contributed by atoms with Crippen molar-refractivity contribution in [3.05, 3.63) is 56.3 Å². The van der Waals surface area contributed by atoms with Crippen molar-refractivity contribution in [3.63, 3.8) is 0 Å². The smallest absolute Gasteiger partial charge is 0.356 e. The molecule has 0 amide bonds. The average Bonchev–Trinajstić information content (AvgIpc) is 3.35. The number of H-pyrrole nitrogens is 3. The van der Waals surface area contributed by atoms with Crippen LogP contribution in [0, 0.1) is 6.92 Å². The molecule has 12 nitrogen and oxygen atoms in total. The molecule has 0 aliphatic carbocycles. The summed E-state index contributed by atoms with van der Waals surface area (Å²) in [5.74, 6) is 0.313. The zero-order chi connectivity index (χ0) is 21.6. The number of carbonyl (C=O) groups is 1. The van der Waals surface area contributed by atoms with E-state index in [4.69, 9.17) is 34.7 Å². The number of carbonyl (C=O) groups excluding carboxylic acids is 1. The van der Waals surface area contributed by atoms with Crippen molar-refractivity contribution in [2.45, 2.75) is 6.92 Å². The quantitative estimate of drug-likeness (QED) is 0.274. The van der Waals surface area contributed by atoms with Gasteiger partial charge in [0.1, 0.15) is 16.8 Å². The molecular weight excluding hydrogens is 425 g/mol. The fourth-order valence-electron chi connectivity index (χ4n) is 1.97. The van der Waals surface area contributed by atoms with Gasteiger partial charge in [-0.3, -0.25) is 20.1 Å². The lowest BCUT2D eigenvalue weighted by Gasteiger charge is -2.01. The van der Waals surface area contributed by atoms with Gasteiger partial charge in [0.15, 0.2) is 16.5 Å². The summed E-state index contributed by atoms with van der Waals surface area (Å²) in [6.07, 6.45) is 0. The lowest BCUT2D eigenvalue weighted by Crippen LogP contribution is -2.07. The molecule has 0 fully saturated rings. The number of hydrogen-bond donors (Lipinski definition) is 5. The van der Waals surface area contributed by atoms with Crippen LogP contribution in [-0.2, 0) is 4.74 Å². The van der Waals surface area contributed by atoms with Crippen molar-refractivity contribution in [1.29, 1.82) is 0 Å². The molecule has 4 aromatic rings. The summed E-state index contributed by atoms with van der Waals surface area (Å²) in [5, 5.41) is 15.5. The standard InChI is InChI=1S/C9H8ClN3O2.C3H4ClN3.C3H5N3O/c1-5-3-6(9(14)15-2)11-8-4-7(10)12-13(5)8;4-2-1-3(5)7-6-2;4-2-1-3(7)6-5-2/h3-4H,1-2H3;1H,(H3,5,6,7);1H,(H4,4,5,6,7). The minimum absolute atomic E-state index is 0.197. The number of nitrogens with two attached hydrogens (primary N) is 2. The number of aromatic nitrogens is 7. The summed E-state index contributed by atoms with van der Waals surface area (Å²) in [6.45, 7) is 1.81. The number of methoxy groups -OCH3 is 1. The molecule has 0 aliphatic heterocycles. The first-order valence-electron chi connectivity index (χ1n) is 7.80. The summed E-state index contributed by atoms with van der Waals surface area (Å²) < 4.78 is 6.15. The van der Waals surface area contributed by atoms with E-state index >= 15 is 0 Å². The van der Waals surface area contributed by atoms with Crippen LogP contribution in [0.15, 0.2) is 29.1 Å². The first-order valence-corrected chi connectivity index (χ1v) is 8.56. The van der Waals surface area contributed by atoms with Crippen LogP contribution in [0.1, 0.15) is 16.2 Å². The highest BCUT2D eigenvalue weighted by Crippen LogP contribution is 2.13. The third kappa shape index (κ3) is 6.26. The highest BCUT2D eigenvalue weighted by molar-refractivity contribution is 6.29. The van der Waals surface area contributed by atoms with Crippen LogP contribution in [0.2, 0.25) is 10.3 Å². The Labute approximate surface area is 173 Å². The van der Waals surface area contributed by atoms with E-state index in [0.29, 0.717) is 27.6 Å². The maximum Gasteiger partial charge on any atom is 0.356 e. The number of nitrogens with zero attached hydrogens (tertiary/aromatic N) is 4. The second-order valence-corrected chi connectivity index (χ2v) is 6.16. The van der Waals surface area contributed by atoms with Gasteiger partial charge in [0.25, 0.3) is 5.56 Å². The highest BCUT2D eigenvalue weighted by Gasteiger charge is 2.11. The summed E-state index contributed by atoms with van der Waals surface area (Å²) in [5.41, 5.74) is 11.6. The Bertz CT molecular complexity index is 1140. The molecule has 0 radical (unpaired) electrons. The molecule has 154 valence electrons. The van der Waals surface area contributed by atoms with Crippen LogP contribution in [0.5, 0.6) is 0 Å². The molecular formula is C15H17Cl2N9O3. The SMILES string of the molecule is COC(=O)c1cc(C)n2nc(Cl)cc2n1.Nc1cc(=O)[nH][nH]1.Nc1cc(Cl)[nH]n1. The lowest BCUT2D eigenvalue weighted by atomic mass is 10.3.